The van der Waals surface area contributed by atoms with E-state index in [1.807, 2.05) is 12.1 Å². The third-order valence-corrected chi connectivity index (χ3v) is 2.88. The Hall–Kier alpha value is -0.713. The minimum Gasteiger partial charge on any atom is -0.518 e. The third kappa shape index (κ3) is 3.40. The minimum absolute atomic E-state index is 0. The predicted octanol–water partition coefficient (Wildman–Crippen LogP) is 0.344. The number of ether oxygens (including phenoxy) is 1. The van der Waals surface area contributed by atoms with Gasteiger partial charge in [0.05, 0.1) is 5.54 Å². The molecule has 92 valence electrons. The van der Waals surface area contributed by atoms with Gasteiger partial charge in [-0.15, -0.1) is 29.8 Å². The summed E-state index contributed by atoms with van der Waals surface area (Å²) in [6, 6.07) is 9.47. The fraction of sp³-hybridized carbons (Fsp3) is 0.533. The van der Waals surface area contributed by atoms with Crippen molar-refractivity contribution in [2.24, 2.45) is 4.99 Å². The smallest absolute Gasteiger partial charge is 0.518 e. The molecule has 0 saturated heterocycles. The Morgan fingerprint density at radius 2 is 1.94 bits per heavy atom. The first-order chi connectivity index (χ1) is 7.78. The van der Waals surface area contributed by atoms with E-state index >= 15 is 0 Å². The molecule has 1 heterocycles. The average molecular weight is 237 g/mol. The second-order valence-electron chi connectivity index (χ2n) is 6.26. The van der Waals surface area contributed by atoms with Gasteiger partial charge in [-0.25, -0.2) is 0 Å². The van der Waals surface area contributed by atoms with Gasteiger partial charge in [0.25, 0.3) is 0 Å². The molecule has 1 aromatic carbocycles. The Balaban J connectivity index is 0.00000162. The molecule has 3 heteroatoms. The van der Waals surface area contributed by atoms with Crippen LogP contribution in [0.1, 0.15) is 45.7 Å². The first-order valence-electron chi connectivity index (χ1n) is 6.03. The van der Waals surface area contributed by atoms with Crippen LogP contribution in [0.25, 0.3) is 0 Å². The van der Waals surface area contributed by atoms with Crippen molar-refractivity contribution in [3.63, 3.8) is 0 Å². The normalized spacial score (nSPS) is 17.7. The van der Waals surface area contributed by atoms with E-state index in [1.54, 1.807) is 0 Å². The summed E-state index contributed by atoms with van der Waals surface area (Å²) in [6.07, 6.45) is 0. The Morgan fingerprint density at radius 1 is 1.28 bits per heavy atom. The van der Waals surface area contributed by atoms with Crippen molar-refractivity contribution in [1.29, 1.82) is 0 Å². The molecular formula is C15H20LiNO. The molecule has 0 fully saturated rings. The van der Waals surface area contributed by atoms with Crippen LogP contribution in [0.2, 0.25) is 0 Å². The largest absolute Gasteiger partial charge is 1.00 e. The van der Waals surface area contributed by atoms with Crippen LogP contribution in [0.3, 0.4) is 0 Å². The van der Waals surface area contributed by atoms with E-state index in [2.05, 4.69) is 51.7 Å². The summed E-state index contributed by atoms with van der Waals surface area (Å²) in [6.45, 7) is 11.4. The zero-order valence-corrected chi connectivity index (χ0v) is 12.3. The molecule has 0 saturated carbocycles. The van der Waals surface area contributed by atoms with Crippen molar-refractivity contribution in [3.05, 3.63) is 35.4 Å². The molecule has 0 amide bonds. The number of hydrogen-bond donors (Lipinski definition) is 0. The van der Waals surface area contributed by atoms with Gasteiger partial charge in [0.1, 0.15) is 12.5 Å². The Morgan fingerprint density at radius 3 is 2.33 bits per heavy atom. The zero-order chi connectivity index (χ0) is 12.7. The monoisotopic (exact) mass is 237 g/mol. The summed E-state index contributed by atoms with van der Waals surface area (Å²) in [7, 11) is 0. The van der Waals surface area contributed by atoms with Gasteiger partial charge in [0, 0.05) is 0 Å². The van der Waals surface area contributed by atoms with Crippen molar-refractivity contribution in [1.82, 2.24) is 0 Å². The van der Waals surface area contributed by atoms with Crippen LogP contribution in [0, 0.1) is 6.07 Å². The minimum atomic E-state index is -0.105. The fourth-order valence-corrected chi connectivity index (χ4v) is 1.75. The van der Waals surface area contributed by atoms with Crippen LogP contribution in [0.5, 0.6) is 0 Å². The predicted molar refractivity (Wildman–Crippen MR) is 70.5 cm³/mol. The summed E-state index contributed by atoms with van der Waals surface area (Å²) >= 11 is 0. The van der Waals surface area contributed by atoms with Gasteiger partial charge in [0.2, 0.25) is 0 Å². The van der Waals surface area contributed by atoms with E-state index in [-0.39, 0.29) is 29.8 Å². The molecule has 0 atom stereocenters. The summed E-state index contributed by atoms with van der Waals surface area (Å²) < 4.78 is 5.60. The molecule has 0 unspecified atom stereocenters. The summed E-state index contributed by atoms with van der Waals surface area (Å²) in [5.41, 5.74) is 2.28. The number of aliphatic imine (C=N–C) groups is 1. The maximum Gasteiger partial charge on any atom is 1.00 e. The first kappa shape index (κ1) is 15.3. The van der Waals surface area contributed by atoms with Gasteiger partial charge in [-0.3, -0.25) is 4.99 Å². The van der Waals surface area contributed by atoms with E-state index in [1.165, 1.54) is 5.56 Å². The number of rotatable bonds is 1. The standard InChI is InChI=1S/C15H20NO.Li/c1-14(2,3)12-8-6-11(7-9-12)13-16-15(4,5)10-17-13;/h6,8-9H,10H2,1-5H3;/q-1;+1. The third-order valence-electron chi connectivity index (χ3n) is 2.88. The molecule has 1 aliphatic rings. The Kier molecular flexibility index (Phi) is 4.36. The van der Waals surface area contributed by atoms with Crippen molar-refractivity contribution in [2.75, 3.05) is 6.61 Å². The number of benzene rings is 1. The zero-order valence-electron chi connectivity index (χ0n) is 12.3. The molecule has 2 rings (SSSR count). The van der Waals surface area contributed by atoms with Crippen LogP contribution in [-0.2, 0) is 10.2 Å². The number of nitrogens with zero attached hydrogens (tertiary/aromatic N) is 1. The summed E-state index contributed by atoms with van der Waals surface area (Å²) in [4.78, 5) is 4.55. The van der Waals surface area contributed by atoms with E-state index < -0.39 is 0 Å². The molecule has 0 aliphatic carbocycles. The summed E-state index contributed by atoms with van der Waals surface area (Å²) in [5, 5.41) is 0. The van der Waals surface area contributed by atoms with Crippen LogP contribution >= 0.6 is 0 Å². The summed E-state index contributed by atoms with van der Waals surface area (Å²) in [5.74, 6) is 0.718. The van der Waals surface area contributed by atoms with E-state index in [4.69, 9.17) is 4.74 Å². The van der Waals surface area contributed by atoms with Crippen molar-refractivity contribution < 1.29 is 23.6 Å². The molecule has 0 radical (unpaired) electrons. The van der Waals surface area contributed by atoms with Crippen LogP contribution < -0.4 is 18.9 Å². The number of hydrogen-bond acceptors (Lipinski definition) is 2. The van der Waals surface area contributed by atoms with Gasteiger partial charge in [-0.2, -0.15) is 0 Å². The maximum atomic E-state index is 5.60. The molecule has 0 aromatic heterocycles. The van der Waals surface area contributed by atoms with Gasteiger partial charge >= 0.3 is 18.9 Å². The van der Waals surface area contributed by atoms with Gasteiger partial charge in [-0.1, -0.05) is 26.3 Å². The van der Waals surface area contributed by atoms with Crippen molar-refractivity contribution >= 4 is 5.90 Å². The first-order valence-corrected chi connectivity index (χ1v) is 6.03. The molecule has 2 nitrogen and oxygen atoms in total. The van der Waals surface area contributed by atoms with E-state index in [0.29, 0.717) is 6.61 Å². The van der Waals surface area contributed by atoms with Gasteiger partial charge < -0.3 is 4.74 Å². The van der Waals surface area contributed by atoms with Gasteiger partial charge in [-0.05, 0) is 19.3 Å². The topological polar surface area (TPSA) is 21.6 Å². The molecule has 0 N–H and O–H groups in total. The molecule has 0 bridgehead atoms. The van der Waals surface area contributed by atoms with Crippen LogP contribution in [-0.4, -0.2) is 18.0 Å². The van der Waals surface area contributed by atoms with Crippen LogP contribution in [0.4, 0.5) is 0 Å². The second kappa shape index (κ2) is 5.11. The SMILES string of the molecule is CC1(C)COC(c2[c-]cc(C(C)(C)C)cc2)=N1.[Li+]. The maximum absolute atomic E-state index is 5.60. The molecule has 1 aromatic rings. The van der Waals surface area contributed by atoms with E-state index in [9.17, 15) is 0 Å². The Bertz CT molecular complexity index is 441. The van der Waals surface area contributed by atoms with Crippen LogP contribution in [0.15, 0.2) is 23.2 Å². The molecule has 0 spiro atoms. The Labute approximate surface area is 122 Å². The van der Waals surface area contributed by atoms with Gasteiger partial charge in [0.15, 0.2) is 0 Å². The van der Waals surface area contributed by atoms with E-state index in [0.717, 1.165) is 11.5 Å². The fourth-order valence-electron chi connectivity index (χ4n) is 1.75. The average Bonchev–Trinajstić information content (AvgIpc) is 2.58. The molecule has 1 aliphatic heterocycles. The second-order valence-corrected chi connectivity index (χ2v) is 6.26. The van der Waals surface area contributed by atoms with Crippen molar-refractivity contribution in [2.45, 2.75) is 45.6 Å². The van der Waals surface area contributed by atoms with Crippen molar-refractivity contribution in [3.8, 4) is 0 Å². The molecular weight excluding hydrogens is 217 g/mol. The molecule has 18 heavy (non-hydrogen) atoms. The quantitative estimate of drug-likeness (QED) is 0.510.